The largest absolute Gasteiger partial charge is 0.442 e. The molecule has 1 unspecified atom stereocenters. The Morgan fingerprint density at radius 1 is 1.42 bits per heavy atom. The first-order chi connectivity index (χ1) is 14.9. The maximum absolute atomic E-state index is 14.8. The van der Waals surface area contributed by atoms with E-state index in [0.29, 0.717) is 17.1 Å². The minimum Gasteiger partial charge on any atom is -0.442 e. The molecule has 1 fully saturated rings. The Balaban J connectivity index is 1.42. The van der Waals surface area contributed by atoms with Gasteiger partial charge in [-0.3, -0.25) is 9.69 Å². The zero-order chi connectivity index (χ0) is 22.0. The Hall–Kier alpha value is -2.99. The summed E-state index contributed by atoms with van der Waals surface area (Å²) >= 11 is 3.04. The Labute approximate surface area is 185 Å². The highest BCUT2D eigenvalue weighted by molar-refractivity contribution is 8.00. The van der Waals surface area contributed by atoms with E-state index in [1.54, 1.807) is 29.2 Å². The number of imidazole rings is 1. The molecular formula is C19H19FN6O3S2. The van der Waals surface area contributed by atoms with Gasteiger partial charge in [-0.05, 0) is 25.1 Å². The Kier molecular flexibility index (Phi) is 6.18. The van der Waals surface area contributed by atoms with Gasteiger partial charge in [0, 0.05) is 18.9 Å². The molecule has 1 aliphatic heterocycles. The summed E-state index contributed by atoms with van der Waals surface area (Å²) in [6.07, 6.45) is 2.25. The van der Waals surface area contributed by atoms with Gasteiger partial charge >= 0.3 is 6.09 Å². The molecular weight excluding hydrogens is 443 g/mol. The lowest BCUT2D eigenvalue weighted by molar-refractivity contribution is -0.119. The highest BCUT2D eigenvalue weighted by Gasteiger charge is 2.32. The van der Waals surface area contributed by atoms with Crippen molar-refractivity contribution in [2.45, 2.75) is 30.0 Å². The number of aromatic nitrogens is 4. The van der Waals surface area contributed by atoms with Crippen LogP contribution in [0.25, 0.3) is 5.69 Å². The number of hydrogen-bond acceptors (Lipinski definition) is 8. The van der Waals surface area contributed by atoms with E-state index >= 15 is 0 Å². The normalized spacial score (nSPS) is 15.9. The van der Waals surface area contributed by atoms with Crippen LogP contribution in [-0.2, 0) is 15.3 Å². The summed E-state index contributed by atoms with van der Waals surface area (Å²) in [5, 5.41) is 11.6. The van der Waals surface area contributed by atoms with Crippen molar-refractivity contribution < 1.29 is 18.7 Å². The molecule has 2 amide bonds. The van der Waals surface area contributed by atoms with Crippen molar-refractivity contribution >= 4 is 40.8 Å². The lowest BCUT2D eigenvalue weighted by atomic mass is 10.2. The highest BCUT2D eigenvalue weighted by atomic mass is 32.2. The number of halogens is 1. The molecule has 1 N–H and O–H groups in total. The molecule has 1 saturated heterocycles. The number of carbonyl (C=O) groups excluding carboxylic acids is 2. The fraction of sp³-hybridized carbons (Fsp3) is 0.316. The summed E-state index contributed by atoms with van der Waals surface area (Å²) < 4.78 is 22.5. The van der Waals surface area contributed by atoms with Crippen molar-refractivity contribution in [3.8, 4) is 5.69 Å². The van der Waals surface area contributed by atoms with E-state index in [1.165, 1.54) is 41.0 Å². The number of hydrogen-bond donors (Lipinski definition) is 1. The molecule has 0 radical (unpaired) electrons. The summed E-state index contributed by atoms with van der Waals surface area (Å²) in [4.78, 5) is 28.8. The van der Waals surface area contributed by atoms with Gasteiger partial charge in [0.25, 0.3) is 0 Å². The maximum atomic E-state index is 14.8. The van der Waals surface area contributed by atoms with Gasteiger partial charge in [-0.2, -0.15) is 0 Å². The molecule has 0 saturated carbocycles. The smallest absolute Gasteiger partial charge is 0.414 e. The van der Waals surface area contributed by atoms with Crippen LogP contribution in [0, 0.1) is 12.7 Å². The molecule has 4 rings (SSSR count). The molecule has 0 spiro atoms. The van der Waals surface area contributed by atoms with E-state index in [9.17, 15) is 14.0 Å². The molecule has 0 aliphatic carbocycles. The average Bonchev–Trinajstić information content (AvgIpc) is 3.45. The monoisotopic (exact) mass is 462 g/mol. The molecule has 3 heterocycles. The van der Waals surface area contributed by atoms with Crippen molar-refractivity contribution in [1.82, 2.24) is 25.1 Å². The van der Waals surface area contributed by atoms with E-state index < -0.39 is 18.0 Å². The summed E-state index contributed by atoms with van der Waals surface area (Å²) in [7, 11) is 0. The molecule has 162 valence electrons. The molecule has 31 heavy (non-hydrogen) atoms. The second-order valence-corrected chi connectivity index (χ2v) is 9.24. The number of cyclic esters (lactones) is 1. The van der Waals surface area contributed by atoms with E-state index in [0.717, 1.165) is 15.0 Å². The van der Waals surface area contributed by atoms with Gasteiger partial charge in [-0.1, -0.05) is 23.1 Å². The molecule has 0 bridgehead atoms. The van der Waals surface area contributed by atoms with Gasteiger partial charge in [0.05, 0.1) is 36.5 Å². The van der Waals surface area contributed by atoms with Crippen LogP contribution in [0.3, 0.4) is 0 Å². The molecule has 12 heteroatoms. The maximum Gasteiger partial charge on any atom is 0.414 e. The third-order valence-electron chi connectivity index (χ3n) is 4.46. The van der Waals surface area contributed by atoms with Crippen molar-refractivity contribution in [3.05, 3.63) is 47.2 Å². The molecule has 1 aliphatic rings. The van der Waals surface area contributed by atoms with Crippen LogP contribution < -0.4 is 10.2 Å². The second-order valence-electron chi connectivity index (χ2n) is 6.84. The summed E-state index contributed by atoms with van der Waals surface area (Å²) in [6, 6.07) is 4.53. The van der Waals surface area contributed by atoms with Gasteiger partial charge in [-0.25, -0.2) is 14.2 Å². The Morgan fingerprint density at radius 2 is 2.26 bits per heavy atom. The predicted molar refractivity (Wildman–Crippen MR) is 114 cm³/mol. The number of carbonyl (C=O) groups is 2. The van der Waals surface area contributed by atoms with Crippen molar-refractivity contribution in [1.29, 1.82) is 0 Å². The zero-order valence-corrected chi connectivity index (χ0v) is 18.4. The van der Waals surface area contributed by atoms with Gasteiger partial charge in [0.15, 0.2) is 4.34 Å². The number of anilines is 1. The molecule has 1 atom stereocenters. The van der Waals surface area contributed by atoms with Crippen LogP contribution in [0.15, 0.2) is 35.1 Å². The Bertz CT molecular complexity index is 1120. The van der Waals surface area contributed by atoms with Crippen molar-refractivity contribution in [2.24, 2.45) is 0 Å². The third-order valence-corrected chi connectivity index (χ3v) is 6.47. The minimum atomic E-state index is -0.573. The van der Waals surface area contributed by atoms with Crippen LogP contribution in [0.2, 0.25) is 0 Å². The first-order valence-corrected chi connectivity index (χ1v) is 11.2. The topological polar surface area (TPSA) is 102 Å². The molecule has 2 aromatic heterocycles. The standard InChI is InChI=1S/C19H19FN6O3S2/c1-11(27)21-6-15-8-26(19(28)29-15)14-3-4-17(16(20)5-14)25-7-13(22-10-25)9-30-18-24-23-12(2)31-18/h3-5,7,10,15H,6,8-9H2,1-2H3,(H,21,27). The fourth-order valence-electron chi connectivity index (χ4n) is 3.01. The zero-order valence-electron chi connectivity index (χ0n) is 16.7. The molecule has 3 aromatic rings. The number of rotatable bonds is 7. The summed E-state index contributed by atoms with van der Waals surface area (Å²) in [5.41, 5.74) is 1.49. The van der Waals surface area contributed by atoms with Crippen LogP contribution >= 0.6 is 23.1 Å². The average molecular weight is 463 g/mol. The number of nitrogens with one attached hydrogen (secondary N) is 1. The molecule has 9 nitrogen and oxygen atoms in total. The van der Waals surface area contributed by atoms with Crippen LogP contribution in [-0.4, -0.2) is 50.9 Å². The SMILES string of the molecule is CC(=O)NCC1CN(c2ccc(-n3cnc(CSc4nnc(C)s4)c3)c(F)c2)C(=O)O1. The number of thioether (sulfide) groups is 1. The minimum absolute atomic E-state index is 0.207. The number of benzene rings is 1. The van der Waals surface area contributed by atoms with Gasteiger partial charge in [-0.15, -0.1) is 10.2 Å². The van der Waals surface area contributed by atoms with Gasteiger partial charge in [0.2, 0.25) is 5.91 Å². The van der Waals surface area contributed by atoms with Gasteiger partial charge in [0.1, 0.15) is 16.9 Å². The lowest BCUT2D eigenvalue weighted by Gasteiger charge is -2.14. The predicted octanol–water partition coefficient (Wildman–Crippen LogP) is 2.92. The quantitative estimate of drug-likeness (QED) is 0.539. The number of aryl methyl sites for hydroxylation is 1. The first-order valence-electron chi connectivity index (χ1n) is 9.37. The van der Waals surface area contributed by atoms with Crippen molar-refractivity contribution in [2.75, 3.05) is 18.0 Å². The fourth-order valence-corrected chi connectivity index (χ4v) is 4.72. The van der Waals surface area contributed by atoms with E-state index in [1.807, 2.05) is 6.92 Å². The van der Waals surface area contributed by atoms with E-state index in [2.05, 4.69) is 20.5 Å². The Morgan fingerprint density at radius 3 is 2.97 bits per heavy atom. The molecule has 1 aromatic carbocycles. The number of amides is 2. The van der Waals surface area contributed by atoms with E-state index in [4.69, 9.17) is 4.74 Å². The summed E-state index contributed by atoms with van der Waals surface area (Å²) in [6.45, 7) is 3.73. The second kappa shape index (κ2) is 9.02. The van der Waals surface area contributed by atoms with Crippen LogP contribution in [0.4, 0.5) is 14.9 Å². The number of ether oxygens (including phenoxy) is 1. The van der Waals surface area contributed by atoms with Gasteiger partial charge < -0.3 is 14.6 Å². The highest BCUT2D eigenvalue weighted by Crippen LogP contribution is 2.27. The first kappa shape index (κ1) is 21.2. The van der Waals surface area contributed by atoms with Crippen molar-refractivity contribution in [3.63, 3.8) is 0 Å². The summed E-state index contributed by atoms with van der Waals surface area (Å²) in [5.74, 6) is -0.107. The van der Waals surface area contributed by atoms with Crippen LogP contribution in [0.5, 0.6) is 0 Å². The number of nitrogens with zero attached hydrogens (tertiary/aromatic N) is 5. The van der Waals surface area contributed by atoms with Crippen LogP contribution in [0.1, 0.15) is 17.6 Å². The van der Waals surface area contributed by atoms with E-state index in [-0.39, 0.29) is 19.0 Å². The lowest BCUT2D eigenvalue weighted by Crippen LogP contribution is -2.33. The third kappa shape index (κ3) is 5.02.